The van der Waals surface area contributed by atoms with Gasteiger partial charge in [0.05, 0.1) is 0 Å². The molecular formula is C16H31IN4O. The normalized spacial score (nSPS) is 21.1. The van der Waals surface area contributed by atoms with Gasteiger partial charge >= 0.3 is 0 Å². The molecule has 2 saturated heterocycles. The van der Waals surface area contributed by atoms with E-state index in [9.17, 15) is 4.79 Å². The van der Waals surface area contributed by atoms with E-state index in [0.717, 1.165) is 58.4 Å². The molecule has 128 valence electrons. The SMILES string of the molecule is I.NC(=NCCCN1CCCCCC1=O)N1CCCCCC1. The van der Waals surface area contributed by atoms with Crippen LogP contribution in [0.15, 0.2) is 4.99 Å². The van der Waals surface area contributed by atoms with Crippen molar-refractivity contribution >= 4 is 35.8 Å². The number of guanidine groups is 1. The van der Waals surface area contributed by atoms with E-state index in [4.69, 9.17) is 5.73 Å². The molecule has 0 bridgehead atoms. The Bertz CT molecular complexity index is 354. The molecule has 2 N–H and O–H groups in total. The molecule has 2 heterocycles. The summed E-state index contributed by atoms with van der Waals surface area (Å²) in [5.41, 5.74) is 6.08. The molecule has 22 heavy (non-hydrogen) atoms. The predicted octanol–water partition coefficient (Wildman–Crippen LogP) is 2.59. The first-order valence-corrected chi connectivity index (χ1v) is 8.60. The van der Waals surface area contributed by atoms with Crippen LogP contribution in [0, 0.1) is 0 Å². The first-order chi connectivity index (χ1) is 10.3. The molecule has 0 aromatic carbocycles. The fourth-order valence-corrected chi connectivity index (χ4v) is 3.13. The van der Waals surface area contributed by atoms with Crippen molar-refractivity contribution in [2.45, 2.75) is 57.8 Å². The van der Waals surface area contributed by atoms with Crippen LogP contribution in [-0.4, -0.2) is 54.4 Å². The molecule has 5 nitrogen and oxygen atoms in total. The minimum Gasteiger partial charge on any atom is -0.370 e. The molecule has 1 amide bonds. The Morgan fingerprint density at radius 3 is 2.36 bits per heavy atom. The van der Waals surface area contributed by atoms with Crippen LogP contribution in [0.4, 0.5) is 0 Å². The van der Waals surface area contributed by atoms with Gasteiger partial charge in [0, 0.05) is 39.1 Å². The number of hydrogen-bond acceptors (Lipinski definition) is 2. The molecule has 0 aromatic heterocycles. The van der Waals surface area contributed by atoms with E-state index in [1.54, 1.807) is 0 Å². The second-order valence-corrected chi connectivity index (χ2v) is 6.19. The molecule has 6 heteroatoms. The highest BCUT2D eigenvalue weighted by Gasteiger charge is 2.15. The summed E-state index contributed by atoms with van der Waals surface area (Å²) in [6.45, 7) is 4.56. The summed E-state index contributed by atoms with van der Waals surface area (Å²) in [5.74, 6) is 1.01. The van der Waals surface area contributed by atoms with Gasteiger partial charge in [0.15, 0.2) is 5.96 Å². The molecule has 0 aromatic rings. The summed E-state index contributed by atoms with van der Waals surface area (Å²) < 4.78 is 0. The van der Waals surface area contributed by atoms with Crippen LogP contribution < -0.4 is 5.73 Å². The van der Waals surface area contributed by atoms with Gasteiger partial charge in [0.25, 0.3) is 0 Å². The highest BCUT2D eigenvalue weighted by molar-refractivity contribution is 14.0. The third-order valence-electron chi connectivity index (χ3n) is 4.46. The van der Waals surface area contributed by atoms with E-state index < -0.39 is 0 Å². The average molecular weight is 422 g/mol. The quantitative estimate of drug-likeness (QED) is 0.328. The zero-order valence-electron chi connectivity index (χ0n) is 13.6. The van der Waals surface area contributed by atoms with Crippen molar-refractivity contribution in [3.8, 4) is 0 Å². The molecule has 2 aliphatic rings. The highest BCUT2D eigenvalue weighted by Crippen LogP contribution is 2.12. The van der Waals surface area contributed by atoms with Crippen molar-refractivity contribution in [2.24, 2.45) is 10.7 Å². The minimum absolute atomic E-state index is 0. The summed E-state index contributed by atoms with van der Waals surface area (Å²) in [4.78, 5) is 20.6. The second kappa shape index (κ2) is 11.1. The minimum atomic E-state index is 0. The number of carbonyl (C=O) groups is 1. The zero-order chi connectivity index (χ0) is 14.9. The number of hydrogen-bond donors (Lipinski definition) is 1. The van der Waals surface area contributed by atoms with Crippen molar-refractivity contribution in [1.29, 1.82) is 0 Å². The van der Waals surface area contributed by atoms with Gasteiger partial charge in [-0.1, -0.05) is 19.3 Å². The second-order valence-electron chi connectivity index (χ2n) is 6.19. The van der Waals surface area contributed by atoms with Crippen LogP contribution in [0.5, 0.6) is 0 Å². The summed E-state index contributed by atoms with van der Waals surface area (Å²) >= 11 is 0. The van der Waals surface area contributed by atoms with E-state index >= 15 is 0 Å². The molecule has 2 rings (SSSR count). The lowest BCUT2D eigenvalue weighted by Gasteiger charge is -2.22. The fourth-order valence-electron chi connectivity index (χ4n) is 3.13. The van der Waals surface area contributed by atoms with E-state index in [1.807, 2.05) is 4.90 Å². The largest absolute Gasteiger partial charge is 0.370 e. The number of aliphatic imine (C=N–C) groups is 1. The Morgan fingerprint density at radius 1 is 1.00 bits per heavy atom. The van der Waals surface area contributed by atoms with Crippen LogP contribution in [0.2, 0.25) is 0 Å². The Hall–Kier alpha value is -0.530. The van der Waals surface area contributed by atoms with E-state index in [2.05, 4.69) is 9.89 Å². The molecular weight excluding hydrogens is 391 g/mol. The number of carbonyl (C=O) groups excluding carboxylic acids is 1. The number of nitrogens with two attached hydrogens (primary N) is 1. The average Bonchev–Trinajstić information content (AvgIpc) is 2.87. The van der Waals surface area contributed by atoms with Crippen molar-refractivity contribution in [2.75, 3.05) is 32.7 Å². The van der Waals surface area contributed by atoms with Crippen LogP contribution in [0.3, 0.4) is 0 Å². The van der Waals surface area contributed by atoms with Gasteiger partial charge in [0.2, 0.25) is 5.91 Å². The smallest absolute Gasteiger partial charge is 0.222 e. The van der Waals surface area contributed by atoms with Gasteiger partial charge in [-0.05, 0) is 32.1 Å². The number of amides is 1. The van der Waals surface area contributed by atoms with Gasteiger partial charge < -0.3 is 15.5 Å². The Kier molecular flexibility index (Phi) is 9.82. The third kappa shape index (κ3) is 6.71. The maximum atomic E-state index is 11.9. The molecule has 0 spiro atoms. The monoisotopic (exact) mass is 422 g/mol. The van der Waals surface area contributed by atoms with E-state index in [1.165, 1.54) is 32.1 Å². The zero-order valence-corrected chi connectivity index (χ0v) is 16.0. The van der Waals surface area contributed by atoms with Crippen LogP contribution in [0.25, 0.3) is 0 Å². The maximum absolute atomic E-state index is 11.9. The number of nitrogens with zero attached hydrogens (tertiary/aromatic N) is 3. The lowest BCUT2D eigenvalue weighted by atomic mass is 10.2. The summed E-state index contributed by atoms with van der Waals surface area (Å²) in [6.07, 6.45) is 10.1. The molecule has 0 atom stereocenters. The predicted molar refractivity (Wildman–Crippen MR) is 102 cm³/mol. The maximum Gasteiger partial charge on any atom is 0.222 e. The van der Waals surface area contributed by atoms with Gasteiger partial charge in [-0.15, -0.1) is 24.0 Å². The van der Waals surface area contributed by atoms with Gasteiger partial charge in [-0.3, -0.25) is 9.79 Å². The topological polar surface area (TPSA) is 61.9 Å². The number of likely N-dealkylation sites (tertiary alicyclic amines) is 2. The molecule has 0 saturated carbocycles. The Morgan fingerprint density at radius 2 is 1.64 bits per heavy atom. The lowest BCUT2D eigenvalue weighted by molar-refractivity contribution is -0.130. The summed E-state index contributed by atoms with van der Waals surface area (Å²) in [5, 5.41) is 0. The van der Waals surface area contributed by atoms with Crippen molar-refractivity contribution in [3.05, 3.63) is 0 Å². The first kappa shape index (κ1) is 19.5. The van der Waals surface area contributed by atoms with Crippen LogP contribution in [0.1, 0.15) is 57.8 Å². The summed E-state index contributed by atoms with van der Waals surface area (Å²) in [7, 11) is 0. The van der Waals surface area contributed by atoms with Crippen molar-refractivity contribution < 1.29 is 4.79 Å². The molecule has 2 fully saturated rings. The summed E-state index contributed by atoms with van der Waals surface area (Å²) in [6, 6.07) is 0. The number of rotatable bonds is 4. The molecule has 0 radical (unpaired) electrons. The number of halogens is 1. The van der Waals surface area contributed by atoms with Crippen molar-refractivity contribution in [1.82, 2.24) is 9.80 Å². The first-order valence-electron chi connectivity index (χ1n) is 8.60. The van der Waals surface area contributed by atoms with E-state index in [-0.39, 0.29) is 24.0 Å². The fraction of sp³-hybridized carbons (Fsp3) is 0.875. The van der Waals surface area contributed by atoms with Gasteiger partial charge in [-0.25, -0.2) is 0 Å². The third-order valence-corrected chi connectivity index (χ3v) is 4.46. The Balaban J connectivity index is 0.00000242. The highest BCUT2D eigenvalue weighted by atomic mass is 127. The molecule has 0 aliphatic carbocycles. The standard InChI is InChI=1S/C16H30N4O.HI/c17-16(20-12-5-1-2-6-13-20)18-10-8-14-19-11-7-3-4-9-15(19)21;/h1-14H2,(H2,17,18);1H. The molecule has 0 unspecified atom stereocenters. The van der Waals surface area contributed by atoms with Crippen LogP contribution >= 0.6 is 24.0 Å². The van der Waals surface area contributed by atoms with Crippen molar-refractivity contribution in [3.63, 3.8) is 0 Å². The lowest BCUT2D eigenvalue weighted by Crippen LogP contribution is -2.38. The van der Waals surface area contributed by atoms with Gasteiger partial charge in [-0.2, -0.15) is 0 Å². The molecule has 2 aliphatic heterocycles. The Labute approximate surface area is 151 Å². The van der Waals surface area contributed by atoms with E-state index in [0.29, 0.717) is 11.9 Å². The van der Waals surface area contributed by atoms with Gasteiger partial charge in [0.1, 0.15) is 0 Å². The van der Waals surface area contributed by atoms with Crippen LogP contribution in [-0.2, 0) is 4.79 Å².